The summed E-state index contributed by atoms with van der Waals surface area (Å²) in [6.07, 6.45) is 3.49. The number of nitrogens with zero attached hydrogens (tertiary/aromatic N) is 1. The normalized spacial score (nSPS) is 10.2. The molecule has 0 saturated carbocycles. The summed E-state index contributed by atoms with van der Waals surface area (Å²) >= 11 is 0. The Labute approximate surface area is 99.9 Å². The van der Waals surface area contributed by atoms with E-state index < -0.39 is 0 Å². The van der Waals surface area contributed by atoms with Gasteiger partial charge in [0, 0.05) is 19.1 Å². The molecule has 2 aromatic heterocycles. The van der Waals surface area contributed by atoms with E-state index in [4.69, 9.17) is 4.42 Å². The van der Waals surface area contributed by atoms with Gasteiger partial charge in [0.2, 0.25) is 6.54 Å². The molecule has 17 heavy (non-hydrogen) atoms. The first-order valence-electron chi connectivity index (χ1n) is 5.50. The highest BCUT2D eigenvalue weighted by atomic mass is 16.3. The van der Waals surface area contributed by atoms with Gasteiger partial charge in [0.15, 0.2) is 11.9 Å². The van der Waals surface area contributed by atoms with Crippen LogP contribution in [-0.4, -0.2) is 5.91 Å². The molecule has 2 rings (SSSR count). The lowest BCUT2D eigenvalue weighted by atomic mass is 10.3. The van der Waals surface area contributed by atoms with Crippen LogP contribution >= 0.6 is 0 Å². The van der Waals surface area contributed by atoms with Gasteiger partial charge in [-0.15, -0.1) is 0 Å². The lowest BCUT2D eigenvalue weighted by molar-refractivity contribution is -0.690. The highest BCUT2D eigenvalue weighted by Gasteiger charge is 2.11. The monoisotopic (exact) mass is 231 g/mol. The Balaban J connectivity index is 1.87. The molecule has 0 atom stereocenters. The average molecular weight is 231 g/mol. The number of hydrogen-bond donors (Lipinski definition) is 1. The zero-order valence-electron chi connectivity index (χ0n) is 9.72. The highest BCUT2D eigenvalue weighted by molar-refractivity contribution is 5.74. The number of rotatable bonds is 4. The van der Waals surface area contributed by atoms with Crippen molar-refractivity contribution < 1.29 is 13.8 Å². The summed E-state index contributed by atoms with van der Waals surface area (Å²) in [7, 11) is 0. The van der Waals surface area contributed by atoms with E-state index >= 15 is 0 Å². The third-order valence-electron chi connectivity index (χ3n) is 2.52. The summed E-state index contributed by atoms with van der Waals surface area (Å²) in [6.45, 7) is 2.73. The fraction of sp³-hybridized carbons (Fsp3) is 0.231. The maximum Gasteiger partial charge on any atom is 0.286 e. The molecule has 0 spiro atoms. The number of pyridine rings is 1. The van der Waals surface area contributed by atoms with Crippen molar-refractivity contribution in [2.24, 2.45) is 0 Å². The quantitative estimate of drug-likeness (QED) is 0.803. The van der Waals surface area contributed by atoms with E-state index in [-0.39, 0.29) is 5.91 Å². The van der Waals surface area contributed by atoms with Crippen LogP contribution in [-0.2, 0) is 17.9 Å². The van der Waals surface area contributed by atoms with Crippen molar-refractivity contribution in [2.45, 2.75) is 20.0 Å². The first kappa shape index (κ1) is 11.4. The summed E-state index contributed by atoms with van der Waals surface area (Å²) in [5.74, 6) is 0.730. The van der Waals surface area contributed by atoms with Crippen LogP contribution in [0.2, 0.25) is 0 Å². The average Bonchev–Trinajstić information content (AvgIpc) is 2.82. The minimum atomic E-state index is -0.0271. The van der Waals surface area contributed by atoms with Gasteiger partial charge >= 0.3 is 0 Å². The van der Waals surface area contributed by atoms with Gasteiger partial charge in [-0.2, -0.15) is 4.57 Å². The molecule has 4 heteroatoms. The number of carbonyl (C=O) groups excluding carboxylic acids is 1. The summed E-state index contributed by atoms with van der Waals surface area (Å²) in [4.78, 5) is 11.7. The molecule has 0 aliphatic heterocycles. The lowest BCUT2D eigenvalue weighted by Crippen LogP contribution is -2.44. The largest absolute Gasteiger partial charge is 0.467 e. The molecule has 0 fully saturated rings. The number of nitrogens with one attached hydrogen (secondary N) is 1. The molecule has 0 radical (unpaired) electrons. The van der Waals surface area contributed by atoms with Crippen LogP contribution in [0.15, 0.2) is 47.2 Å². The smallest absolute Gasteiger partial charge is 0.286 e. The van der Waals surface area contributed by atoms with Crippen LogP contribution in [0, 0.1) is 6.92 Å². The number of furan rings is 1. The second-order valence-corrected chi connectivity index (χ2v) is 3.83. The van der Waals surface area contributed by atoms with Crippen LogP contribution < -0.4 is 9.88 Å². The molecule has 0 saturated heterocycles. The van der Waals surface area contributed by atoms with Gasteiger partial charge < -0.3 is 9.73 Å². The van der Waals surface area contributed by atoms with Crippen LogP contribution in [0.25, 0.3) is 0 Å². The Morgan fingerprint density at radius 1 is 1.35 bits per heavy atom. The lowest BCUT2D eigenvalue weighted by Gasteiger charge is -2.02. The highest BCUT2D eigenvalue weighted by Crippen LogP contribution is 1.98. The molecule has 0 unspecified atom stereocenters. The second-order valence-electron chi connectivity index (χ2n) is 3.83. The Hall–Kier alpha value is -2.10. The van der Waals surface area contributed by atoms with Crippen molar-refractivity contribution in [2.75, 3.05) is 0 Å². The van der Waals surface area contributed by atoms with E-state index in [9.17, 15) is 4.79 Å². The van der Waals surface area contributed by atoms with E-state index in [0.717, 1.165) is 11.5 Å². The standard InChI is InChI=1S/C13H14N2O2/c1-11-5-2-3-7-15(11)10-13(16)14-9-12-6-4-8-17-12/h2-8H,9-10H2,1H3/p+1. The molecule has 2 aromatic rings. The summed E-state index contributed by atoms with van der Waals surface area (Å²) < 4.78 is 7.04. The molecule has 1 amide bonds. The number of hydrogen-bond acceptors (Lipinski definition) is 2. The fourth-order valence-corrected chi connectivity index (χ4v) is 1.55. The van der Waals surface area contributed by atoms with Crippen LogP contribution in [0.4, 0.5) is 0 Å². The molecule has 1 N–H and O–H groups in total. The van der Waals surface area contributed by atoms with Gasteiger partial charge in [0.05, 0.1) is 12.8 Å². The Morgan fingerprint density at radius 3 is 2.94 bits per heavy atom. The van der Waals surface area contributed by atoms with Crippen molar-refractivity contribution >= 4 is 5.91 Å². The molecule has 4 nitrogen and oxygen atoms in total. The Kier molecular flexibility index (Phi) is 3.55. The number of amides is 1. The van der Waals surface area contributed by atoms with Gasteiger partial charge in [0.25, 0.3) is 5.91 Å². The Bertz CT molecular complexity index is 492. The SMILES string of the molecule is Cc1cccc[n+]1CC(=O)NCc1ccco1. The summed E-state index contributed by atoms with van der Waals surface area (Å²) in [5, 5.41) is 2.81. The first-order chi connectivity index (χ1) is 8.25. The fourth-order valence-electron chi connectivity index (χ4n) is 1.55. The molecular formula is C13H15N2O2+. The third kappa shape index (κ3) is 3.17. The zero-order valence-corrected chi connectivity index (χ0v) is 9.72. The molecule has 0 aliphatic rings. The maximum absolute atomic E-state index is 11.7. The van der Waals surface area contributed by atoms with Crippen molar-refractivity contribution in [3.05, 3.63) is 54.2 Å². The molecule has 0 aromatic carbocycles. The predicted molar refractivity (Wildman–Crippen MR) is 61.9 cm³/mol. The molecular weight excluding hydrogens is 216 g/mol. The van der Waals surface area contributed by atoms with Gasteiger partial charge in [0.1, 0.15) is 5.76 Å². The van der Waals surface area contributed by atoms with E-state index in [1.165, 1.54) is 0 Å². The molecule has 0 aliphatic carbocycles. The minimum absolute atomic E-state index is 0.0271. The molecule has 0 bridgehead atoms. The predicted octanol–water partition coefficient (Wildman–Crippen LogP) is 1.19. The Morgan fingerprint density at radius 2 is 2.24 bits per heavy atom. The van der Waals surface area contributed by atoms with E-state index in [1.807, 2.05) is 42.0 Å². The van der Waals surface area contributed by atoms with E-state index in [1.54, 1.807) is 12.3 Å². The van der Waals surface area contributed by atoms with Crippen molar-refractivity contribution in [3.63, 3.8) is 0 Å². The van der Waals surface area contributed by atoms with Gasteiger partial charge in [-0.3, -0.25) is 4.79 Å². The topological polar surface area (TPSA) is 46.1 Å². The first-order valence-corrected chi connectivity index (χ1v) is 5.50. The van der Waals surface area contributed by atoms with Crippen molar-refractivity contribution in [1.29, 1.82) is 0 Å². The summed E-state index contributed by atoms with van der Waals surface area (Å²) in [5.41, 5.74) is 1.06. The van der Waals surface area contributed by atoms with Crippen LogP contribution in [0.3, 0.4) is 0 Å². The van der Waals surface area contributed by atoms with Gasteiger partial charge in [-0.05, 0) is 12.1 Å². The van der Waals surface area contributed by atoms with E-state index in [2.05, 4.69) is 5.32 Å². The number of aromatic nitrogens is 1. The third-order valence-corrected chi connectivity index (χ3v) is 2.52. The van der Waals surface area contributed by atoms with Crippen LogP contribution in [0.5, 0.6) is 0 Å². The molecule has 88 valence electrons. The van der Waals surface area contributed by atoms with Gasteiger partial charge in [-0.25, -0.2) is 0 Å². The minimum Gasteiger partial charge on any atom is -0.467 e. The number of aryl methyl sites for hydroxylation is 1. The zero-order chi connectivity index (χ0) is 12.1. The maximum atomic E-state index is 11.7. The second kappa shape index (κ2) is 5.30. The number of carbonyl (C=O) groups is 1. The van der Waals surface area contributed by atoms with Crippen molar-refractivity contribution in [3.8, 4) is 0 Å². The molecule has 2 heterocycles. The summed E-state index contributed by atoms with van der Waals surface area (Å²) in [6, 6.07) is 9.47. The van der Waals surface area contributed by atoms with E-state index in [0.29, 0.717) is 13.1 Å². The van der Waals surface area contributed by atoms with Crippen molar-refractivity contribution in [1.82, 2.24) is 5.32 Å². The van der Waals surface area contributed by atoms with Crippen LogP contribution in [0.1, 0.15) is 11.5 Å². The van der Waals surface area contributed by atoms with Gasteiger partial charge in [-0.1, -0.05) is 6.07 Å².